The highest BCUT2D eigenvalue weighted by Gasteiger charge is 2.42. The molecule has 1 aromatic heterocycles. The summed E-state index contributed by atoms with van der Waals surface area (Å²) in [6.07, 6.45) is 3.24. The number of hydrogen-bond acceptors (Lipinski definition) is 5. The van der Waals surface area contributed by atoms with Crippen LogP contribution < -0.4 is 0 Å². The van der Waals surface area contributed by atoms with E-state index in [4.69, 9.17) is 4.74 Å². The van der Waals surface area contributed by atoms with Crippen molar-refractivity contribution in [3.05, 3.63) is 24.3 Å². The van der Waals surface area contributed by atoms with Gasteiger partial charge in [-0.2, -0.15) is 0 Å². The van der Waals surface area contributed by atoms with E-state index in [-0.39, 0.29) is 30.6 Å². The Morgan fingerprint density at radius 1 is 1.17 bits per heavy atom. The molecule has 0 bridgehead atoms. The number of rotatable bonds is 4. The highest BCUT2D eigenvalue weighted by atomic mass is 16.5. The quantitative estimate of drug-likeness (QED) is 0.822. The first-order valence-electron chi connectivity index (χ1n) is 7.67. The molecule has 7 heteroatoms. The van der Waals surface area contributed by atoms with Crippen molar-refractivity contribution >= 4 is 11.8 Å². The van der Waals surface area contributed by atoms with E-state index >= 15 is 0 Å². The van der Waals surface area contributed by atoms with Crippen molar-refractivity contribution in [3.8, 4) is 0 Å². The van der Waals surface area contributed by atoms with Crippen LogP contribution in [0.4, 0.5) is 0 Å². The number of carbonyl (C=O) groups is 2. The van der Waals surface area contributed by atoms with Crippen molar-refractivity contribution in [2.75, 3.05) is 13.7 Å². The van der Waals surface area contributed by atoms with Crippen LogP contribution in [0.15, 0.2) is 18.5 Å². The van der Waals surface area contributed by atoms with Gasteiger partial charge in [0.05, 0.1) is 18.8 Å². The summed E-state index contributed by atoms with van der Waals surface area (Å²) in [6, 6.07) is 0.549. The fourth-order valence-electron chi connectivity index (χ4n) is 2.42. The van der Waals surface area contributed by atoms with Gasteiger partial charge in [-0.05, 0) is 33.8 Å². The summed E-state index contributed by atoms with van der Waals surface area (Å²) in [5, 5.41) is 0. The minimum Gasteiger partial charge on any atom is -0.373 e. The Balaban J connectivity index is 2.18. The first-order chi connectivity index (χ1) is 10.7. The molecular formula is C16H24N4O3. The van der Waals surface area contributed by atoms with Crippen LogP contribution in [-0.4, -0.2) is 62.9 Å². The fraction of sp³-hybridized carbons (Fsp3) is 0.625. The number of aromatic nitrogens is 2. The molecule has 0 aliphatic carbocycles. The summed E-state index contributed by atoms with van der Waals surface area (Å²) in [6.45, 7) is 7.86. The van der Waals surface area contributed by atoms with Gasteiger partial charge in [-0.15, -0.1) is 0 Å². The van der Waals surface area contributed by atoms with Gasteiger partial charge < -0.3 is 14.5 Å². The Bertz CT molecular complexity index is 570. The van der Waals surface area contributed by atoms with Gasteiger partial charge in [-0.25, -0.2) is 9.97 Å². The average Bonchev–Trinajstić information content (AvgIpc) is 2.49. The maximum atomic E-state index is 12.8. The second-order valence-corrected chi connectivity index (χ2v) is 6.70. The minimum atomic E-state index is -0.623. The van der Waals surface area contributed by atoms with E-state index in [9.17, 15) is 9.59 Å². The van der Waals surface area contributed by atoms with Crippen LogP contribution in [0.3, 0.4) is 0 Å². The van der Waals surface area contributed by atoms with E-state index in [1.165, 1.54) is 9.80 Å². The predicted octanol–water partition coefficient (Wildman–Crippen LogP) is 0.849. The molecule has 0 aromatic carbocycles. The van der Waals surface area contributed by atoms with Crippen molar-refractivity contribution in [3.63, 3.8) is 0 Å². The molecule has 2 heterocycles. The van der Waals surface area contributed by atoms with Gasteiger partial charge in [0.15, 0.2) is 0 Å². The number of piperazine rings is 1. The van der Waals surface area contributed by atoms with E-state index < -0.39 is 12.1 Å². The van der Waals surface area contributed by atoms with Gasteiger partial charge in [0, 0.05) is 19.4 Å². The Kier molecular flexibility index (Phi) is 4.99. The van der Waals surface area contributed by atoms with Crippen molar-refractivity contribution < 1.29 is 14.3 Å². The van der Waals surface area contributed by atoms with Crippen molar-refractivity contribution in [2.45, 2.75) is 51.9 Å². The Labute approximate surface area is 136 Å². The van der Waals surface area contributed by atoms with Gasteiger partial charge in [-0.3, -0.25) is 9.59 Å². The van der Waals surface area contributed by atoms with E-state index in [1.807, 2.05) is 20.8 Å². The molecule has 2 atom stereocenters. The fourth-order valence-corrected chi connectivity index (χ4v) is 2.42. The second-order valence-electron chi connectivity index (χ2n) is 6.70. The first-order valence-corrected chi connectivity index (χ1v) is 7.67. The molecule has 0 saturated carbocycles. The van der Waals surface area contributed by atoms with Crippen LogP contribution in [0, 0.1) is 0 Å². The molecule has 2 amide bonds. The summed E-state index contributed by atoms with van der Waals surface area (Å²) < 4.78 is 5.72. The zero-order valence-corrected chi connectivity index (χ0v) is 14.3. The van der Waals surface area contributed by atoms with Crippen LogP contribution >= 0.6 is 0 Å². The maximum Gasteiger partial charge on any atom is 0.248 e. The van der Waals surface area contributed by atoms with E-state index in [0.717, 1.165) is 0 Å². The monoisotopic (exact) mass is 320 g/mol. The molecule has 1 aliphatic heterocycles. The van der Waals surface area contributed by atoms with E-state index in [0.29, 0.717) is 5.82 Å². The molecule has 2 rings (SSSR count). The zero-order chi connectivity index (χ0) is 17.2. The zero-order valence-electron chi connectivity index (χ0n) is 14.3. The van der Waals surface area contributed by atoms with Gasteiger partial charge in [0.2, 0.25) is 11.8 Å². The highest BCUT2D eigenvalue weighted by Crippen LogP contribution is 2.20. The predicted molar refractivity (Wildman–Crippen MR) is 84.3 cm³/mol. The maximum absolute atomic E-state index is 12.8. The average molecular weight is 320 g/mol. The smallest absolute Gasteiger partial charge is 0.248 e. The third-order valence-electron chi connectivity index (χ3n) is 3.81. The third kappa shape index (κ3) is 4.04. The van der Waals surface area contributed by atoms with Gasteiger partial charge >= 0.3 is 0 Å². The Morgan fingerprint density at radius 3 is 2.35 bits per heavy atom. The van der Waals surface area contributed by atoms with E-state index in [2.05, 4.69) is 9.97 Å². The lowest BCUT2D eigenvalue weighted by atomic mass is 10.1. The van der Waals surface area contributed by atoms with Crippen molar-refractivity contribution in [2.24, 2.45) is 0 Å². The molecule has 0 N–H and O–H groups in total. The third-order valence-corrected chi connectivity index (χ3v) is 3.81. The number of hydrogen-bond donors (Lipinski definition) is 0. The lowest BCUT2D eigenvalue weighted by molar-refractivity contribution is -0.165. The molecular weight excluding hydrogens is 296 g/mol. The highest BCUT2D eigenvalue weighted by molar-refractivity contribution is 5.96. The van der Waals surface area contributed by atoms with Crippen LogP contribution in [-0.2, 0) is 20.9 Å². The molecule has 126 valence electrons. The van der Waals surface area contributed by atoms with Crippen LogP contribution in [0.5, 0.6) is 0 Å². The molecule has 23 heavy (non-hydrogen) atoms. The molecule has 7 nitrogen and oxygen atoms in total. The summed E-state index contributed by atoms with van der Waals surface area (Å²) >= 11 is 0. The molecule has 0 radical (unpaired) electrons. The molecule has 1 aliphatic rings. The van der Waals surface area contributed by atoms with Crippen LogP contribution in [0.1, 0.15) is 33.5 Å². The molecule has 1 fully saturated rings. The number of likely N-dealkylation sites (N-methyl/N-ethyl adjacent to an activating group) is 1. The van der Waals surface area contributed by atoms with Crippen LogP contribution in [0.2, 0.25) is 0 Å². The first kappa shape index (κ1) is 17.3. The number of ether oxygens (including phenoxy) is 1. The minimum absolute atomic E-state index is 0.108. The number of carbonyl (C=O) groups excluding carboxylic acids is 2. The van der Waals surface area contributed by atoms with Gasteiger partial charge in [-0.1, -0.05) is 0 Å². The van der Waals surface area contributed by atoms with Crippen molar-refractivity contribution in [1.82, 2.24) is 19.8 Å². The standard InChI is InChI=1S/C16H24N4O3/c1-11-14(21)19(5)12(10-23-16(2,3)4)15(22)20(11)9-13-17-7-6-8-18-13/h6-8,11-12H,9-10H2,1-5H3. The summed E-state index contributed by atoms with van der Waals surface area (Å²) in [7, 11) is 1.64. The second kappa shape index (κ2) is 6.62. The lowest BCUT2D eigenvalue weighted by Gasteiger charge is -2.42. The molecule has 1 aromatic rings. The van der Waals surface area contributed by atoms with Gasteiger partial charge in [0.1, 0.15) is 17.9 Å². The largest absolute Gasteiger partial charge is 0.373 e. The molecule has 1 saturated heterocycles. The Morgan fingerprint density at radius 2 is 1.78 bits per heavy atom. The topological polar surface area (TPSA) is 75.6 Å². The SMILES string of the molecule is CC1C(=O)N(C)C(COC(C)(C)C)C(=O)N1Cc1ncccn1. The summed E-state index contributed by atoms with van der Waals surface area (Å²) in [5.74, 6) is 0.264. The molecule has 0 spiro atoms. The number of nitrogens with zero attached hydrogens (tertiary/aromatic N) is 4. The lowest BCUT2D eigenvalue weighted by Crippen LogP contribution is -2.63. The molecule has 2 unspecified atom stereocenters. The van der Waals surface area contributed by atoms with Crippen LogP contribution in [0.25, 0.3) is 0 Å². The van der Waals surface area contributed by atoms with Gasteiger partial charge in [0.25, 0.3) is 0 Å². The normalized spacial score (nSPS) is 22.7. The summed E-state index contributed by atoms with van der Waals surface area (Å²) in [4.78, 5) is 36.5. The summed E-state index contributed by atoms with van der Waals surface area (Å²) in [5.41, 5.74) is -0.374. The van der Waals surface area contributed by atoms with E-state index in [1.54, 1.807) is 32.4 Å². The Hall–Kier alpha value is -2.02. The number of amides is 2. The van der Waals surface area contributed by atoms with Crippen molar-refractivity contribution in [1.29, 1.82) is 0 Å².